The summed E-state index contributed by atoms with van der Waals surface area (Å²) in [4.78, 5) is 52.9. The summed E-state index contributed by atoms with van der Waals surface area (Å²) in [6.45, 7) is 7.03. The van der Waals surface area contributed by atoms with Gasteiger partial charge in [0.25, 0.3) is 0 Å². The first kappa shape index (κ1) is 29.5. The van der Waals surface area contributed by atoms with Crippen molar-refractivity contribution in [2.75, 3.05) is 43.9 Å². The van der Waals surface area contributed by atoms with Gasteiger partial charge in [-0.2, -0.15) is 0 Å². The highest BCUT2D eigenvalue weighted by atomic mass is 16.5. The van der Waals surface area contributed by atoms with E-state index >= 15 is 0 Å². The Labute approximate surface area is 229 Å². The summed E-state index contributed by atoms with van der Waals surface area (Å²) in [6, 6.07) is 12.5. The summed E-state index contributed by atoms with van der Waals surface area (Å²) < 4.78 is 5.47. The third-order valence-electron chi connectivity index (χ3n) is 6.84. The van der Waals surface area contributed by atoms with Gasteiger partial charge in [-0.05, 0) is 49.1 Å². The largest absolute Gasteiger partial charge is 0.495 e. The van der Waals surface area contributed by atoms with Crippen molar-refractivity contribution in [3.8, 4) is 5.75 Å². The highest BCUT2D eigenvalue weighted by molar-refractivity contribution is 6.01. The van der Waals surface area contributed by atoms with Crippen molar-refractivity contribution in [3.05, 3.63) is 53.6 Å². The third kappa shape index (κ3) is 8.20. The van der Waals surface area contributed by atoms with E-state index in [1.807, 2.05) is 43.3 Å². The number of carboxylic acids is 1. The highest BCUT2D eigenvalue weighted by Crippen LogP contribution is 2.27. The third-order valence-corrected chi connectivity index (χ3v) is 6.84. The van der Waals surface area contributed by atoms with E-state index in [1.54, 1.807) is 29.7 Å². The van der Waals surface area contributed by atoms with Crippen LogP contribution in [0.25, 0.3) is 0 Å². The molecule has 1 aliphatic heterocycles. The van der Waals surface area contributed by atoms with Crippen molar-refractivity contribution < 1.29 is 29.0 Å². The lowest BCUT2D eigenvalue weighted by atomic mass is 9.87. The van der Waals surface area contributed by atoms with Gasteiger partial charge in [-0.3, -0.25) is 14.4 Å². The summed E-state index contributed by atoms with van der Waals surface area (Å²) in [5, 5.41) is 14.8. The molecule has 39 heavy (non-hydrogen) atoms. The van der Waals surface area contributed by atoms with Crippen molar-refractivity contribution in [3.63, 3.8) is 0 Å². The number of nitrogens with one attached hydrogen (secondary N) is 2. The minimum absolute atomic E-state index is 0.00660. The number of aryl methyl sites for hydroxylation is 2. The number of hydrogen-bond acceptors (Lipinski definition) is 5. The first-order valence-corrected chi connectivity index (χ1v) is 13.1. The Kier molecular flexibility index (Phi) is 9.92. The Hall–Kier alpha value is -4.08. The average molecular weight is 539 g/mol. The Balaban J connectivity index is 1.54. The molecule has 2 aromatic carbocycles. The average Bonchev–Trinajstić information content (AvgIpc) is 3.14. The molecule has 0 saturated carbocycles. The van der Waals surface area contributed by atoms with Gasteiger partial charge in [-0.25, -0.2) is 4.79 Å². The van der Waals surface area contributed by atoms with Gasteiger partial charge in [0.2, 0.25) is 11.8 Å². The Morgan fingerprint density at radius 1 is 0.949 bits per heavy atom. The summed E-state index contributed by atoms with van der Waals surface area (Å²) in [7, 11) is 1.52. The molecule has 3 N–H and O–H groups in total. The number of nitrogens with zero attached hydrogens (tertiary/aromatic N) is 2. The number of amides is 4. The van der Waals surface area contributed by atoms with Crippen molar-refractivity contribution in [1.82, 2.24) is 9.80 Å². The molecular weight excluding hydrogens is 500 g/mol. The first-order valence-electron chi connectivity index (χ1n) is 13.1. The second-order valence-electron chi connectivity index (χ2n) is 10.4. The minimum atomic E-state index is -1.01. The van der Waals surface area contributed by atoms with Crippen LogP contribution < -0.4 is 15.4 Å². The molecule has 210 valence electrons. The van der Waals surface area contributed by atoms with Crippen LogP contribution in [-0.4, -0.2) is 72.0 Å². The molecular formula is C29H38N4O6. The van der Waals surface area contributed by atoms with Crippen molar-refractivity contribution in [1.29, 1.82) is 0 Å². The fourth-order valence-corrected chi connectivity index (χ4v) is 4.64. The van der Waals surface area contributed by atoms with Crippen LogP contribution in [0.1, 0.15) is 44.2 Å². The maximum Gasteiger partial charge on any atom is 0.323 e. The Bertz CT molecular complexity index is 1210. The van der Waals surface area contributed by atoms with Crippen molar-refractivity contribution in [2.45, 2.75) is 46.5 Å². The molecule has 10 heteroatoms. The molecule has 2 aromatic rings. The maximum absolute atomic E-state index is 13.0. The van der Waals surface area contributed by atoms with Crippen LogP contribution in [-0.2, 0) is 20.8 Å². The number of aliphatic carboxylic acids is 1. The Morgan fingerprint density at radius 3 is 2.31 bits per heavy atom. The molecule has 0 unspecified atom stereocenters. The van der Waals surface area contributed by atoms with Crippen LogP contribution in [0.5, 0.6) is 5.75 Å². The van der Waals surface area contributed by atoms with Crippen molar-refractivity contribution in [2.24, 2.45) is 5.41 Å². The van der Waals surface area contributed by atoms with Gasteiger partial charge in [0.15, 0.2) is 0 Å². The van der Waals surface area contributed by atoms with E-state index < -0.39 is 11.4 Å². The molecule has 0 spiro atoms. The summed E-state index contributed by atoms with van der Waals surface area (Å²) >= 11 is 0. The topological polar surface area (TPSA) is 128 Å². The number of urea groups is 1. The van der Waals surface area contributed by atoms with E-state index in [0.717, 1.165) is 11.1 Å². The fraction of sp³-hybridized carbons (Fsp3) is 0.448. The number of carbonyl (C=O) groups is 4. The summed E-state index contributed by atoms with van der Waals surface area (Å²) in [6.07, 6.45) is 1.19. The summed E-state index contributed by atoms with van der Waals surface area (Å²) in [5.74, 6) is -0.723. The van der Waals surface area contributed by atoms with E-state index in [4.69, 9.17) is 9.84 Å². The molecule has 0 bridgehead atoms. The van der Waals surface area contributed by atoms with Gasteiger partial charge in [0.1, 0.15) is 5.75 Å². The van der Waals surface area contributed by atoms with E-state index in [-0.39, 0.29) is 24.3 Å². The van der Waals surface area contributed by atoms with Gasteiger partial charge < -0.3 is 30.3 Å². The molecule has 1 heterocycles. The zero-order valence-electron chi connectivity index (χ0n) is 23.1. The number of carboxylic acid groups (broad SMARTS) is 1. The highest BCUT2D eigenvalue weighted by Gasteiger charge is 2.35. The molecule has 1 aliphatic rings. The molecule has 0 atom stereocenters. The molecule has 3 rings (SSSR count). The number of hydrogen-bond donors (Lipinski definition) is 3. The number of rotatable bonds is 9. The second kappa shape index (κ2) is 13.1. The number of carbonyl (C=O) groups excluding carboxylic acids is 3. The standard InChI is InChI=1S/C29H38N4O6/c1-20-8-5-6-9-22(20)30-28(38)31-23-12-10-21(18-24(23)39-4)11-13-25(34)32-14-7-15-33(17-16-32)27(37)29(2,3)19-26(35)36/h5-6,8-10,12,18H,7,11,13-17,19H2,1-4H3,(H,35,36)(H2,30,31,38). The molecule has 4 amide bonds. The first-order chi connectivity index (χ1) is 18.5. The van der Waals surface area contributed by atoms with Gasteiger partial charge in [0.05, 0.1) is 24.6 Å². The maximum atomic E-state index is 13.0. The van der Waals surface area contributed by atoms with Gasteiger partial charge in [-0.15, -0.1) is 0 Å². The quantitative estimate of drug-likeness (QED) is 0.440. The van der Waals surface area contributed by atoms with Crippen LogP contribution in [0.3, 0.4) is 0 Å². The summed E-state index contributed by atoms with van der Waals surface area (Å²) in [5.41, 5.74) is 2.08. The molecule has 0 aliphatic carbocycles. The molecule has 0 aromatic heterocycles. The van der Waals surface area contributed by atoms with Crippen LogP contribution in [0.15, 0.2) is 42.5 Å². The monoisotopic (exact) mass is 538 g/mol. The number of benzene rings is 2. The lowest BCUT2D eigenvalue weighted by Crippen LogP contribution is -2.44. The van der Waals surface area contributed by atoms with E-state index in [2.05, 4.69) is 10.6 Å². The van der Waals surface area contributed by atoms with Gasteiger partial charge in [0, 0.05) is 38.3 Å². The molecule has 0 radical (unpaired) electrons. The van der Waals surface area contributed by atoms with E-state index in [1.165, 1.54) is 7.11 Å². The van der Waals surface area contributed by atoms with E-state index in [9.17, 15) is 19.2 Å². The van der Waals surface area contributed by atoms with Crippen LogP contribution in [0, 0.1) is 12.3 Å². The molecule has 10 nitrogen and oxygen atoms in total. The zero-order valence-corrected chi connectivity index (χ0v) is 23.1. The van der Waals surface area contributed by atoms with Crippen molar-refractivity contribution >= 4 is 35.2 Å². The number of para-hydroxylation sites is 1. The van der Waals surface area contributed by atoms with E-state index in [0.29, 0.717) is 62.6 Å². The van der Waals surface area contributed by atoms with Crippen LogP contribution in [0.2, 0.25) is 0 Å². The number of anilines is 2. The van der Waals surface area contributed by atoms with Crippen LogP contribution in [0.4, 0.5) is 16.2 Å². The molecule has 1 saturated heterocycles. The number of methoxy groups -OCH3 is 1. The number of ether oxygens (including phenoxy) is 1. The van der Waals surface area contributed by atoms with Crippen LogP contribution >= 0.6 is 0 Å². The fourth-order valence-electron chi connectivity index (χ4n) is 4.64. The second-order valence-corrected chi connectivity index (χ2v) is 10.4. The van der Waals surface area contributed by atoms with Gasteiger partial charge >= 0.3 is 12.0 Å². The minimum Gasteiger partial charge on any atom is -0.495 e. The van der Waals surface area contributed by atoms with Gasteiger partial charge in [-0.1, -0.05) is 38.1 Å². The normalized spacial score (nSPS) is 13.8. The zero-order chi connectivity index (χ0) is 28.6. The lowest BCUT2D eigenvalue weighted by molar-refractivity contribution is -0.149. The lowest BCUT2D eigenvalue weighted by Gasteiger charge is -2.30. The predicted molar refractivity (Wildman–Crippen MR) is 149 cm³/mol. The molecule has 1 fully saturated rings. The smallest absolute Gasteiger partial charge is 0.323 e. The predicted octanol–water partition coefficient (Wildman–Crippen LogP) is 4.14. The Morgan fingerprint density at radius 2 is 1.62 bits per heavy atom. The SMILES string of the molecule is COc1cc(CCC(=O)N2CCCN(C(=O)C(C)(C)CC(=O)O)CC2)ccc1NC(=O)Nc1ccccc1C.